The lowest BCUT2D eigenvalue weighted by atomic mass is 9.98. The first-order valence-electron chi connectivity index (χ1n) is 6.94. The number of ether oxygens (including phenoxy) is 1. The lowest BCUT2D eigenvalue weighted by Crippen LogP contribution is -2.34. The summed E-state index contributed by atoms with van der Waals surface area (Å²) in [6.07, 6.45) is 0.891. The van der Waals surface area contributed by atoms with Crippen molar-refractivity contribution >= 4 is 11.9 Å². The lowest BCUT2D eigenvalue weighted by Gasteiger charge is -2.17. The van der Waals surface area contributed by atoms with E-state index in [1.807, 2.05) is 44.2 Å². The van der Waals surface area contributed by atoms with E-state index in [1.165, 1.54) is 0 Å². The molecule has 4 heteroatoms. The molecule has 0 aliphatic heterocycles. The summed E-state index contributed by atoms with van der Waals surface area (Å²) in [6.45, 7) is 5.78. The minimum atomic E-state index is -0.420. The SMILES string of the molecule is CC(=O)C[C@@H](C)CC(C)NC(=O)OCc1ccccc1. The number of carbonyl (C=O) groups excluding carboxylic acids is 2. The highest BCUT2D eigenvalue weighted by Crippen LogP contribution is 2.11. The fourth-order valence-corrected chi connectivity index (χ4v) is 2.20. The second kappa shape index (κ2) is 8.35. The highest BCUT2D eigenvalue weighted by atomic mass is 16.5. The van der Waals surface area contributed by atoms with Gasteiger partial charge in [0.05, 0.1) is 0 Å². The van der Waals surface area contributed by atoms with Gasteiger partial charge in [0.25, 0.3) is 0 Å². The second-order valence-corrected chi connectivity index (χ2v) is 5.35. The zero-order valence-corrected chi connectivity index (χ0v) is 12.4. The Morgan fingerprint density at radius 1 is 1.20 bits per heavy atom. The maximum Gasteiger partial charge on any atom is 0.407 e. The fraction of sp³-hybridized carbons (Fsp3) is 0.500. The van der Waals surface area contributed by atoms with Crippen LogP contribution in [0.5, 0.6) is 0 Å². The van der Waals surface area contributed by atoms with E-state index in [-0.39, 0.29) is 24.3 Å². The van der Waals surface area contributed by atoms with Crippen LogP contribution in [-0.4, -0.2) is 17.9 Å². The number of Topliss-reactive ketones (excluding diaryl/α,β-unsaturated/α-hetero) is 1. The van der Waals surface area contributed by atoms with E-state index < -0.39 is 6.09 Å². The fourth-order valence-electron chi connectivity index (χ4n) is 2.20. The molecule has 0 bridgehead atoms. The molecule has 0 radical (unpaired) electrons. The molecule has 110 valence electrons. The first-order chi connectivity index (χ1) is 9.47. The van der Waals surface area contributed by atoms with E-state index in [9.17, 15) is 9.59 Å². The summed E-state index contributed by atoms with van der Waals surface area (Å²) in [7, 11) is 0. The number of rotatable bonds is 7. The molecule has 1 aromatic rings. The van der Waals surface area contributed by atoms with Crippen molar-refractivity contribution in [3.8, 4) is 0 Å². The van der Waals surface area contributed by atoms with Crippen molar-refractivity contribution in [2.45, 2.75) is 46.3 Å². The van der Waals surface area contributed by atoms with Gasteiger partial charge in [-0.1, -0.05) is 37.3 Å². The second-order valence-electron chi connectivity index (χ2n) is 5.35. The summed E-state index contributed by atoms with van der Waals surface area (Å²) in [5, 5.41) is 2.78. The van der Waals surface area contributed by atoms with E-state index in [0.29, 0.717) is 6.42 Å². The summed E-state index contributed by atoms with van der Waals surface area (Å²) < 4.78 is 5.14. The minimum Gasteiger partial charge on any atom is -0.445 e. The Hall–Kier alpha value is -1.84. The number of carbonyl (C=O) groups is 2. The van der Waals surface area contributed by atoms with Crippen LogP contribution < -0.4 is 5.32 Å². The standard InChI is InChI=1S/C16H23NO3/c1-12(10-14(3)18)9-13(2)17-16(19)20-11-15-7-5-4-6-8-15/h4-8,12-13H,9-11H2,1-3H3,(H,17,19)/t12-,13?/m0/s1. The van der Waals surface area contributed by atoms with E-state index in [1.54, 1.807) is 6.92 Å². The molecule has 0 spiro atoms. The third kappa shape index (κ3) is 6.92. The van der Waals surface area contributed by atoms with Crippen molar-refractivity contribution in [2.24, 2.45) is 5.92 Å². The van der Waals surface area contributed by atoms with E-state index in [2.05, 4.69) is 5.32 Å². The van der Waals surface area contributed by atoms with Gasteiger partial charge in [-0.2, -0.15) is 0 Å². The maximum absolute atomic E-state index is 11.6. The lowest BCUT2D eigenvalue weighted by molar-refractivity contribution is -0.117. The van der Waals surface area contributed by atoms with Crippen LogP contribution in [0.4, 0.5) is 4.79 Å². The van der Waals surface area contributed by atoms with Crippen molar-refractivity contribution in [3.63, 3.8) is 0 Å². The van der Waals surface area contributed by atoms with Crippen LogP contribution in [0.15, 0.2) is 30.3 Å². The Kier molecular flexibility index (Phi) is 6.77. The molecule has 1 aromatic carbocycles. The highest BCUT2D eigenvalue weighted by molar-refractivity contribution is 5.75. The quantitative estimate of drug-likeness (QED) is 0.832. The monoisotopic (exact) mass is 277 g/mol. The average molecular weight is 277 g/mol. The first-order valence-corrected chi connectivity index (χ1v) is 6.94. The molecule has 0 saturated carbocycles. The predicted molar refractivity (Wildman–Crippen MR) is 78.3 cm³/mol. The molecule has 20 heavy (non-hydrogen) atoms. The molecule has 2 atom stereocenters. The molecule has 0 saturated heterocycles. The van der Waals surface area contributed by atoms with E-state index in [0.717, 1.165) is 12.0 Å². The van der Waals surface area contributed by atoms with Gasteiger partial charge in [0.1, 0.15) is 12.4 Å². The van der Waals surface area contributed by atoms with Crippen LogP contribution in [0.25, 0.3) is 0 Å². The van der Waals surface area contributed by atoms with Crippen LogP contribution in [0.3, 0.4) is 0 Å². The smallest absolute Gasteiger partial charge is 0.407 e. The maximum atomic E-state index is 11.6. The number of amides is 1. The van der Waals surface area contributed by atoms with Crippen LogP contribution in [-0.2, 0) is 16.1 Å². The number of alkyl carbamates (subject to hydrolysis) is 1. The zero-order valence-electron chi connectivity index (χ0n) is 12.4. The molecule has 0 aliphatic rings. The van der Waals surface area contributed by atoms with Gasteiger partial charge in [-0.05, 0) is 31.7 Å². The number of hydrogen-bond donors (Lipinski definition) is 1. The zero-order chi connectivity index (χ0) is 15.0. The summed E-state index contributed by atoms with van der Waals surface area (Å²) in [4.78, 5) is 22.6. The van der Waals surface area contributed by atoms with Crippen molar-refractivity contribution in [2.75, 3.05) is 0 Å². The van der Waals surface area contributed by atoms with Crippen LogP contribution >= 0.6 is 0 Å². The Morgan fingerprint density at radius 2 is 1.85 bits per heavy atom. The Morgan fingerprint density at radius 3 is 2.45 bits per heavy atom. The number of ketones is 1. The molecule has 0 heterocycles. The largest absolute Gasteiger partial charge is 0.445 e. The summed E-state index contributed by atoms with van der Waals surface area (Å²) in [5.41, 5.74) is 0.959. The molecule has 1 N–H and O–H groups in total. The van der Waals surface area contributed by atoms with Gasteiger partial charge in [-0.3, -0.25) is 0 Å². The molecule has 1 unspecified atom stereocenters. The molecule has 0 fully saturated rings. The van der Waals surface area contributed by atoms with Crippen LogP contribution in [0.2, 0.25) is 0 Å². The number of benzene rings is 1. The van der Waals surface area contributed by atoms with E-state index >= 15 is 0 Å². The molecule has 0 aromatic heterocycles. The van der Waals surface area contributed by atoms with Gasteiger partial charge in [-0.15, -0.1) is 0 Å². The molecule has 4 nitrogen and oxygen atoms in total. The van der Waals surface area contributed by atoms with Gasteiger partial charge in [0.2, 0.25) is 0 Å². The predicted octanol–water partition coefficient (Wildman–Crippen LogP) is 3.31. The van der Waals surface area contributed by atoms with Crippen molar-refractivity contribution < 1.29 is 14.3 Å². The summed E-state index contributed by atoms with van der Waals surface area (Å²) in [6, 6.07) is 9.54. The van der Waals surface area contributed by atoms with Crippen LogP contribution in [0, 0.1) is 5.92 Å². The van der Waals surface area contributed by atoms with Gasteiger partial charge < -0.3 is 14.8 Å². The summed E-state index contributed by atoms with van der Waals surface area (Å²) in [5.74, 6) is 0.438. The molecular weight excluding hydrogens is 254 g/mol. The highest BCUT2D eigenvalue weighted by Gasteiger charge is 2.13. The van der Waals surface area contributed by atoms with Gasteiger partial charge in [0, 0.05) is 12.5 Å². The Labute approximate surface area is 120 Å². The number of hydrogen-bond acceptors (Lipinski definition) is 3. The normalized spacial score (nSPS) is 13.3. The van der Waals surface area contributed by atoms with Crippen molar-refractivity contribution in [3.05, 3.63) is 35.9 Å². The van der Waals surface area contributed by atoms with Gasteiger partial charge >= 0.3 is 6.09 Å². The first kappa shape index (κ1) is 16.2. The third-order valence-electron chi connectivity index (χ3n) is 2.97. The number of nitrogens with one attached hydrogen (secondary N) is 1. The van der Waals surface area contributed by atoms with Crippen LogP contribution in [0.1, 0.15) is 39.2 Å². The van der Waals surface area contributed by atoms with Gasteiger partial charge in [0.15, 0.2) is 0 Å². The molecule has 0 aliphatic carbocycles. The average Bonchev–Trinajstić information content (AvgIpc) is 2.36. The van der Waals surface area contributed by atoms with Crippen molar-refractivity contribution in [1.82, 2.24) is 5.32 Å². The Bertz CT molecular complexity index is 431. The minimum absolute atomic E-state index is 0.00683. The Balaban J connectivity index is 2.26. The topological polar surface area (TPSA) is 55.4 Å². The third-order valence-corrected chi connectivity index (χ3v) is 2.97. The summed E-state index contributed by atoms with van der Waals surface area (Å²) >= 11 is 0. The van der Waals surface area contributed by atoms with E-state index in [4.69, 9.17) is 4.74 Å². The molecular formula is C16H23NO3. The molecule has 1 amide bonds. The van der Waals surface area contributed by atoms with Gasteiger partial charge in [-0.25, -0.2) is 4.79 Å². The van der Waals surface area contributed by atoms with Crippen molar-refractivity contribution in [1.29, 1.82) is 0 Å². The molecule has 1 rings (SSSR count).